The first-order valence-electron chi connectivity index (χ1n) is 10.5. The van der Waals surface area contributed by atoms with E-state index in [0.29, 0.717) is 19.1 Å². The van der Waals surface area contributed by atoms with E-state index in [1.54, 1.807) is 0 Å². The molecule has 1 aliphatic heterocycles. The highest BCUT2D eigenvalue weighted by Gasteiger charge is 2.35. The lowest BCUT2D eigenvalue weighted by Gasteiger charge is -2.38. The molecule has 29 heavy (non-hydrogen) atoms. The number of amides is 1. The Hall–Kier alpha value is -1.88. The fourth-order valence-corrected chi connectivity index (χ4v) is 4.33. The molecule has 2 fully saturated rings. The molecule has 1 saturated carbocycles. The van der Waals surface area contributed by atoms with Gasteiger partial charge in [0.2, 0.25) is 5.91 Å². The summed E-state index contributed by atoms with van der Waals surface area (Å²) >= 11 is 6.00. The summed E-state index contributed by atoms with van der Waals surface area (Å²) in [5.41, 5.74) is 2.46. The number of halogens is 1. The number of hydrogen-bond donors (Lipinski definition) is 1. The molecule has 4 rings (SSSR count). The highest BCUT2D eigenvalue weighted by atomic mass is 35.5. The third kappa shape index (κ3) is 5.39. The second kappa shape index (κ2) is 9.29. The van der Waals surface area contributed by atoms with Crippen LogP contribution in [0.4, 0.5) is 0 Å². The van der Waals surface area contributed by atoms with Gasteiger partial charge >= 0.3 is 0 Å². The second-order valence-corrected chi connectivity index (χ2v) is 8.73. The van der Waals surface area contributed by atoms with E-state index >= 15 is 0 Å². The van der Waals surface area contributed by atoms with Crippen LogP contribution in [0.5, 0.6) is 0 Å². The molecule has 154 valence electrons. The van der Waals surface area contributed by atoms with Crippen LogP contribution in [-0.4, -0.2) is 43.2 Å². The van der Waals surface area contributed by atoms with Gasteiger partial charge in [-0.2, -0.15) is 0 Å². The van der Waals surface area contributed by atoms with Crippen molar-refractivity contribution in [2.45, 2.75) is 43.7 Å². The Balaban J connectivity index is 1.37. The third-order valence-electron chi connectivity index (χ3n) is 6.17. The van der Waals surface area contributed by atoms with Crippen LogP contribution in [-0.2, 0) is 21.5 Å². The number of ether oxygens (including phenoxy) is 1. The number of carbonyl (C=O) groups excluding carboxylic acids is 1. The van der Waals surface area contributed by atoms with E-state index < -0.39 is 0 Å². The largest absolute Gasteiger partial charge is 0.381 e. The monoisotopic (exact) mass is 412 g/mol. The van der Waals surface area contributed by atoms with Crippen molar-refractivity contribution in [3.63, 3.8) is 0 Å². The molecule has 2 aliphatic rings. The summed E-state index contributed by atoms with van der Waals surface area (Å²) in [6.45, 7) is 3.38. The zero-order chi connectivity index (χ0) is 20.1. The lowest BCUT2D eigenvalue weighted by molar-refractivity contribution is -0.123. The normalized spacial score (nSPS) is 18.6. The average molecular weight is 413 g/mol. The molecule has 2 aromatic carbocycles. The van der Waals surface area contributed by atoms with Gasteiger partial charge in [0.15, 0.2) is 0 Å². The van der Waals surface area contributed by atoms with Crippen LogP contribution in [0.25, 0.3) is 0 Å². The van der Waals surface area contributed by atoms with E-state index in [1.165, 1.54) is 24.0 Å². The van der Waals surface area contributed by atoms with Crippen LogP contribution in [0.3, 0.4) is 0 Å². The first kappa shape index (κ1) is 20.4. The minimum absolute atomic E-state index is 0.0320. The molecule has 0 radical (unpaired) electrons. The molecule has 1 N–H and O–H groups in total. The summed E-state index contributed by atoms with van der Waals surface area (Å²) < 4.78 is 5.60. The molecule has 1 aliphatic carbocycles. The van der Waals surface area contributed by atoms with Gasteiger partial charge < -0.3 is 10.1 Å². The summed E-state index contributed by atoms with van der Waals surface area (Å²) in [7, 11) is 0. The predicted molar refractivity (Wildman–Crippen MR) is 116 cm³/mol. The van der Waals surface area contributed by atoms with Crippen molar-refractivity contribution in [3.05, 3.63) is 70.7 Å². The minimum Gasteiger partial charge on any atom is -0.381 e. The van der Waals surface area contributed by atoms with Crippen molar-refractivity contribution in [1.82, 2.24) is 10.2 Å². The first-order chi connectivity index (χ1) is 14.1. The van der Waals surface area contributed by atoms with Crippen LogP contribution < -0.4 is 5.32 Å². The van der Waals surface area contributed by atoms with Crippen molar-refractivity contribution >= 4 is 17.5 Å². The molecule has 1 amide bonds. The lowest BCUT2D eigenvalue weighted by atomic mass is 9.74. The lowest BCUT2D eigenvalue weighted by Crippen LogP contribution is -2.47. The summed E-state index contributed by atoms with van der Waals surface area (Å²) in [6.07, 6.45) is 4.22. The number of benzene rings is 2. The molecule has 0 aromatic heterocycles. The van der Waals surface area contributed by atoms with Crippen LogP contribution in [0.15, 0.2) is 54.6 Å². The van der Waals surface area contributed by atoms with Gasteiger partial charge in [0.1, 0.15) is 0 Å². The van der Waals surface area contributed by atoms with Gasteiger partial charge in [-0.3, -0.25) is 9.69 Å². The number of nitrogens with one attached hydrogen (secondary N) is 1. The fourth-order valence-electron chi connectivity index (χ4n) is 4.21. The smallest absolute Gasteiger partial charge is 0.234 e. The van der Waals surface area contributed by atoms with Crippen molar-refractivity contribution in [2.24, 2.45) is 0 Å². The number of nitrogens with zero attached hydrogens (tertiary/aromatic N) is 1. The highest BCUT2D eigenvalue weighted by Crippen LogP contribution is 2.34. The Morgan fingerprint density at radius 1 is 1.07 bits per heavy atom. The van der Waals surface area contributed by atoms with E-state index in [4.69, 9.17) is 16.3 Å². The summed E-state index contributed by atoms with van der Waals surface area (Å²) in [4.78, 5) is 15.1. The van der Waals surface area contributed by atoms with Crippen molar-refractivity contribution < 1.29 is 9.53 Å². The molecular formula is C24H29ClN2O2. The second-order valence-electron chi connectivity index (χ2n) is 8.30. The van der Waals surface area contributed by atoms with E-state index in [0.717, 1.165) is 37.6 Å². The standard InChI is InChI=1S/C24H29ClN2O2/c25-21-8-6-19(7-9-21)16-27(22-10-11-22)17-23(28)26-18-24(12-14-29-15-13-24)20-4-2-1-3-5-20/h1-9,22H,10-18H2,(H,26,28). The summed E-state index contributed by atoms with van der Waals surface area (Å²) in [5.74, 6) is 0.104. The third-order valence-corrected chi connectivity index (χ3v) is 6.42. The zero-order valence-corrected chi connectivity index (χ0v) is 17.5. The summed E-state index contributed by atoms with van der Waals surface area (Å²) in [5, 5.41) is 3.99. The van der Waals surface area contributed by atoms with Crippen molar-refractivity contribution in [1.29, 1.82) is 0 Å². The van der Waals surface area contributed by atoms with E-state index in [9.17, 15) is 4.79 Å². The number of rotatable bonds is 8. The minimum atomic E-state index is -0.0320. The molecule has 0 atom stereocenters. The summed E-state index contributed by atoms with van der Waals surface area (Å²) in [6, 6.07) is 19.0. The average Bonchev–Trinajstić information content (AvgIpc) is 3.60. The van der Waals surface area contributed by atoms with Gasteiger partial charge in [-0.05, 0) is 48.9 Å². The maximum Gasteiger partial charge on any atom is 0.234 e. The van der Waals surface area contributed by atoms with Gasteiger partial charge in [0.05, 0.1) is 6.54 Å². The molecular weight excluding hydrogens is 384 g/mol. The van der Waals surface area contributed by atoms with E-state index in [2.05, 4.69) is 34.5 Å². The molecule has 0 bridgehead atoms. The molecule has 4 nitrogen and oxygen atoms in total. The zero-order valence-electron chi connectivity index (χ0n) is 16.8. The fraction of sp³-hybridized carbons (Fsp3) is 0.458. The van der Waals surface area contributed by atoms with Crippen molar-refractivity contribution in [3.8, 4) is 0 Å². The Labute approximate surface area is 178 Å². The molecule has 1 heterocycles. The maximum absolute atomic E-state index is 12.8. The topological polar surface area (TPSA) is 41.6 Å². The van der Waals surface area contributed by atoms with Crippen molar-refractivity contribution in [2.75, 3.05) is 26.3 Å². The Kier molecular flexibility index (Phi) is 6.53. The number of carbonyl (C=O) groups is 1. The van der Waals surface area contributed by atoms with E-state index in [1.807, 2.05) is 30.3 Å². The van der Waals surface area contributed by atoms with Crippen LogP contribution >= 0.6 is 11.6 Å². The first-order valence-corrected chi connectivity index (χ1v) is 10.9. The SMILES string of the molecule is O=C(CN(Cc1ccc(Cl)cc1)C1CC1)NCC1(c2ccccc2)CCOCC1. The molecule has 0 spiro atoms. The quantitative estimate of drug-likeness (QED) is 0.707. The van der Waals surface area contributed by atoms with Crippen LogP contribution in [0.2, 0.25) is 5.02 Å². The molecule has 1 saturated heterocycles. The Bertz CT molecular complexity index is 799. The molecule has 5 heteroatoms. The van der Waals surface area contributed by atoms with Crippen LogP contribution in [0, 0.1) is 0 Å². The number of hydrogen-bond acceptors (Lipinski definition) is 3. The van der Waals surface area contributed by atoms with Gasteiger partial charge in [0.25, 0.3) is 0 Å². The van der Waals surface area contributed by atoms with Gasteiger partial charge in [-0.15, -0.1) is 0 Å². The molecule has 0 unspecified atom stereocenters. The Morgan fingerprint density at radius 2 is 1.76 bits per heavy atom. The van der Waals surface area contributed by atoms with Crippen LogP contribution in [0.1, 0.15) is 36.8 Å². The predicted octanol–water partition coefficient (Wildman–Crippen LogP) is 4.17. The van der Waals surface area contributed by atoms with Gasteiger partial charge in [-0.25, -0.2) is 0 Å². The highest BCUT2D eigenvalue weighted by molar-refractivity contribution is 6.30. The van der Waals surface area contributed by atoms with E-state index in [-0.39, 0.29) is 11.3 Å². The maximum atomic E-state index is 12.8. The molecule has 2 aromatic rings. The van der Waals surface area contributed by atoms with Gasteiger partial charge in [0, 0.05) is 42.8 Å². The Morgan fingerprint density at radius 3 is 2.41 bits per heavy atom. The van der Waals surface area contributed by atoms with Gasteiger partial charge in [-0.1, -0.05) is 54.1 Å².